The molecule has 4 aromatic rings. The predicted octanol–water partition coefficient (Wildman–Crippen LogP) is 4.69. The molecule has 17 heteroatoms. The number of rotatable bonds is 11. The number of benzene rings is 2. The zero-order chi connectivity index (χ0) is 33.6. The first kappa shape index (κ1) is 34.4. The highest BCUT2D eigenvalue weighted by Gasteiger charge is 2.28. The summed E-state index contributed by atoms with van der Waals surface area (Å²) in [6, 6.07) is 8.07. The van der Waals surface area contributed by atoms with E-state index >= 15 is 4.39 Å². The highest BCUT2D eigenvalue weighted by molar-refractivity contribution is 7.92. The average molecular weight is 677 g/mol. The molecule has 0 aliphatic heterocycles. The molecule has 2 heterocycles. The number of halogens is 3. The summed E-state index contributed by atoms with van der Waals surface area (Å²) in [6.45, 7) is 5.87. The lowest BCUT2D eigenvalue weighted by Gasteiger charge is -2.14. The molecule has 4 rings (SSSR count). The van der Waals surface area contributed by atoms with Crippen LogP contribution in [-0.2, 0) is 20.2 Å². The van der Waals surface area contributed by atoms with E-state index in [0.29, 0.717) is 15.6 Å². The highest BCUT2D eigenvalue weighted by atomic mass is 32.2. The van der Waals surface area contributed by atoms with Gasteiger partial charge in [0.15, 0.2) is 10.7 Å². The second-order valence-corrected chi connectivity index (χ2v) is 13.3. The lowest BCUT2D eigenvalue weighted by atomic mass is 9.98. The van der Waals surface area contributed by atoms with E-state index < -0.39 is 49.6 Å². The first-order valence-corrected chi connectivity index (χ1v) is 16.0. The Hall–Kier alpha value is -4.45. The number of thiazole rings is 1. The molecule has 46 heavy (non-hydrogen) atoms. The number of sulfonamides is 1. The number of carbonyl (C=O) groups is 1. The van der Waals surface area contributed by atoms with E-state index in [1.54, 1.807) is 6.07 Å². The van der Waals surface area contributed by atoms with E-state index in [0.717, 1.165) is 24.3 Å². The summed E-state index contributed by atoms with van der Waals surface area (Å²) >= 11 is 1.25. The monoisotopic (exact) mass is 676 g/mol. The SMILES string of the molecule is CC(C)(C)c1nc(-c2cccc(NS(=O)(=O)c3c(F)cccc3F)c2F)c(-c2ccnc(NCC(CN)=NC(=O)OCCN)n2)s1. The maximum atomic E-state index is 16.1. The Morgan fingerprint density at radius 3 is 2.39 bits per heavy atom. The number of amides is 1. The number of aliphatic imine (C=N–C) groups is 1. The van der Waals surface area contributed by atoms with Crippen molar-refractivity contribution in [2.75, 3.05) is 36.3 Å². The Bertz CT molecular complexity index is 1860. The van der Waals surface area contributed by atoms with Crippen LogP contribution in [0.2, 0.25) is 0 Å². The fraction of sp³-hybridized carbons (Fsp3) is 0.276. The summed E-state index contributed by atoms with van der Waals surface area (Å²) in [5, 5.41) is 3.56. The molecular weight excluding hydrogens is 645 g/mol. The molecule has 0 saturated heterocycles. The highest BCUT2D eigenvalue weighted by Crippen LogP contribution is 2.42. The fourth-order valence-electron chi connectivity index (χ4n) is 3.94. The zero-order valence-corrected chi connectivity index (χ0v) is 26.6. The minimum atomic E-state index is -4.85. The second kappa shape index (κ2) is 14.3. The van der Waals surface area contributed by atoms with Crippen LogP contribution in [-0.4, -0.2) is 61.4 Å². The first-order valence-electron chi connectivity index (χ1n) is 13.7. The second-order valence-electron chi connectivity index (χ2n) is 10.7. The topological polar surface area (TPSA) is 188 Å². The van der Waals surface area contributed by atoms with Crippen molar-refractivity contribution in [3.05, 3.63) is 71.1 Å². The third-order valence-electron chi connectivity index (χ3n) is 6.12. The minimum absolute atomic E-state index is 0.00596. The number of hydrogen-bond acceptors (Lipinski definition) is 11. The lowest BCUT2D eigenvalue weighted by Crippen LogP contribution is -2.25. The van der Waals surface area contributed by atoms with Gasteiger partial charge >= 0.3 is 6.09 Å². The Morgan fingerprint density at radius 2 is 1.74 bits per heavy atom. The number of aromatic nitrogens is 3. The molecule has 244 valence electrons. The van der Waals surface area contributed by atoms with Gasteiger partial charge in [-0.2, -0.15) is 4.99 Å². The normalized spacial score (nSPS) is 12.2. The van der Waals surface area contributed by atoms with Crippen molar-refractivity contribution in [2.24, 2.45) is 16.5 Å². The quantitative estimate of drug-likeness (QED) is 0.162. The van der Waals surface area contributed by atoms with Gasteiger partial charge in [-0.3, -0.25) is 4.72 Å². The molecule has 2 aromatic heterocycles. The van der Waals surface area contributed by atoms with Crippen LogP contribution in [0.15, 0.2) is 58.5 Å². The molecule has 1 amide bonds. The van der Waals surface area contributed by atoms with Gasteiger partial charge in [-0.1, -0.05) is 32.9 Å². The van der Waals surface area contributed by atoms with Crippen LogP contribution < -0.4 is 21.5 Å². The molecular formula is C29H31F3N8O4S2. The summed E-state index contributed by atoms with van der Waals surface area (Å²) in [6.07, 6.45) is 0.626. The number of nitrogens with zero attached hydrogens (tertiary/aromatic N) is 4. The van der Waals surface area contributed by atoms with Gasteiger partial charge in [-0.15, -0.1) is 11.3 Å². The summed E-state index contributed by atoms with van der Waals surface area (Å²) in [7, 11) is -4.85. The van der Waals surface area contributed by atoms with Gasteiger partial charge in [0.05, 0.1) is 39.2 Å². The largest absolute Gasteiger partial charge is 0.447 e. The number of ether oxygens (including phenoxy) is 1. The predicted molar refractivity (Wildman–Crippen MR) is 170 cm³/mol. The Kier molecular flexibility index (Phi) is 10.7. The van der Waals surface area contributed by atoms with E-state index in [9.17, 15) is 22.0 Å². The van der Waals surface area contributed by atoms with Crippen LogP contribution in [0.3, 0.4) is 0 Å². The standard InChI is InChI=1S/C29H31F3N8O4S2/c1-29(2,3)26-39-23(17-6-4-9-20(22(17)32)40-46(42,43)25-18(30)7-5-8-19(25)31)24(45-26)21-10-12-35-27(38-21)36-15-16(14-34)37-28(41)44-13-11-33/h4-10,12,40H,11,13-15,33-34H2,1-3H3,(H,35,36,38). The Morgan fingerprint density at radius 1 is 1.04 bits per heavy atom. The van der Waals surface area contributed by atoms with Crippen molar-refractivity contribution in [3.63, 3.8) is 0 Å². The third-order valence-corrected chi connectivity index (χ3v) is 9.04. The van der Waals surface area contributed by atoms with Gasteiger partial charge in [0.2, 0.25) is 5.95 Å². The summed E-state index contributed by atoms with van der Waals surface area (Å²) in [4.78, 5) is 28.2. The van der Waals surface area contributed by atoms with Gasteiger partial charge in [0, 0.05) is 30.3 Å². The zero-order valence-electron chi connectivity index (χ0n) is 25.0. The van der Waals surface area contributed by atoms with Crippen molar-refractivity contribution in [1.82, 2.24) is 15.0 Å². The molecule has 0 fully saturated rings. The molecule has 12 nitrogen and oxygen atoms in total. The number of anilines is 2. The number of carbonyl (C=O) groups excluding carboxylic acids is 1. The van der Waals surface area contributed by atoms with Gasteiger partial charge in [-0.05, 0) is 30.3 Å². The molecule has 6 N–H and O–H groups in total. The fourth-order valence-corrected chi connectivity index (χ4v) is 6.25. The van der Waals surface area contributed by atoms with Crippen molar-refractivity contribution >= 4 is 44.8 Å². The maximum Gasteiger partial charge on any atom is 0.433 e. The van der Waals surface area contributed by atoms with Crippen LogP contribution in [0.5, 0.6) is 0 Å². The maximum absolute atomic E-state index is 16.1. The summed E-state index contributed by atoms with van der Waals surface area (Å²) in [5.74, 6) is -3.54. The molecule has 0 bridgehead atoms. The minimum Gasteiger partial charge on any atom is -0.447 e. The molecule has 2 aromatic carbocycles. The van der Waals surface area contributed by atoms with Gasteiger partial charge < -0.3 is 21.5 Å². The van der Waals surface area contributed by atoms with E-state index in [1.807, 2.05) is 25.5 Å². The van der Waals surface area contributed by atoms with Crippen molar-refractivity contribution in [1.29, 1.82) is 0 Å². The number of nitrogens with two attached hydrogens (primary N) is 2. The number of hydrogen-bond donors (Lipinski definition) is 4. The molecule has 0 unspecified atom stereocenters. The lowest BCUT2D eigenvalue weighted by molar-refractivity contribution is 0.160. The van der Waals surface area contributed by atoms with Gasteiger partial charge in [-0.25, -0.2) is 41.3 Å². The van der Waals surface area contributed by atoms with E-state index in [1.165, 1.54) is 29.7 Å². The Labute approximate surface area is 267 Å². The van der Waals surface area contributed by atoms with Crippen LogP contribution in [0, 0.1) is 17.5 Å². The van der Waals surface area contributed by atoms with Crippen LogP contribution in [0.25, 0.3) is 21.8 Å². The molecule has 0 aliphatic rings. The van der Waals surface area contributed by atoms with Crippen molar-refractivity contribution in [3.8, 4) is 21.8 Å². The van der Waals surface area contributed by atoms with Crippen LogP contribution >= 0.6 is 11.3 Å². The van der Waals surface area contributed by atoms with Crippen LogP contribution in [0.4, 0.5) is 29.6 Å². The molecule has 0 atom stereocenters. The molecule has 0 aliphatic carbocycles. The molecule has 0 spiro atoms. The van der Waals surface area contributed by atoms with E-state index in [-0.39, 0.29) is 49.2 Å². The van der Waals surface area contributed by atoms with Crippen molar-refractivity contribution in [2.45, 2.75) is 31.1 Å². The first-order chi connectivity index (χ1) is 21.7. The van der Waals surface area contributed by atoms with E-state index in [2.05, 4.69) is 20.3 Å². The Balaban J connectivity index is 1.71. The smallest absolute Gasteiger partial charge is 0.433 e. The third kappa shape index (κ3) is 8.03. The summed E-state index contributed by atoms with van der Waals surface area (Å²) in [5.41, 5.74) is 10.7. The summed E-state index contributed by atoms with van der Waals surface area (Å²) < 4.78 is 77.2. The van der Waals surface area contributed by atoms with E-state index in [4.69, 9.17) is 21.2 Å². The number of nitrogens with one attached hydrogen (secondary N) is 2. The molecule has 0 radical (unpaired) electrons. The van der Waals surface area contributed by atoms with Gasteiger partial charge in [0.25, 0.3) is 10.0 Å². The van der Waals surface area contributed by atoms with Gasteiger partial charge in [0.1, 0.15) is 18.2 Å². The van der Waals surface area contributed by atoms with Crippen LogP contribution in [0.1, 0.15) is 25.8 Å². The molecule has 0 saturated carbocycles. The average Bonchev–Trinajstić information content (AvgIpc) is 3.45. The van der Waals surface area contributed by atoms with Crippen molar-refractivity contribution < 1.29 is 31.1 Å².